The summed E-state index contributed by atoms with van der Waals surface area (Å²) in [5.74, 6) is -0.252. The van der Waals surface area contributed by atoms with Gasteiger partial charge < -0.3 is 10.6 Å². The quantitative estimate of drug-likeness (QED) is 0.904. The van der Waals surface area contributed by atoms with E-state index in [-0.39, 0.29) is 36.6 Å². The summed E-state index contributed by atoms with van der Waals surface area (Å²) < 4.78 is 13.2. The molecule has 1 aliphatic heterocycles. The van der Waals surface area contributed by atoms with Gasteiger partial charge in [0.1, 0.15) is 5.82 Å². The number of likely N-dealkylation sites (tertiary alicyclic amines) is 1. The fourth-order valence-electron chi connectivity index (χ4n) is 2.34. The van der Waals surface area contributed by atoms with Gasteiger partial charge in [-0.2, -0.15) is 0 Å². The lowest BCUT2D eigenvalue weighted by Gasteiger charge is -2.31. The normalized spacial score (nSPS) is 18.9. The molecule has 0 aliphatic carbocycles. The zero-order valence-corrected chi connectivity index (χ0v) is 11.9. The maximum absolute atomic E-state index is 13.2. The summed E-state index contributed by atoms with van der Waals surface area (Å²) in [6, 6.07) is 4.65. The molecule has 1 saturated heterocycles. The molecule has 0 bridgehead atoms. The van der Waals surface area contributed by atoms with Gasteiger partial charge in [0.05, 0.1) is 6.42 Å². The first-order valence-corrected chi connectivity index (χ1v) is 6.34. The minimum Gasteiger partial charge on any atom is -0.341 e. The van der Waals surface area contributed by atoms with Crippen molar-refractivity contribution in [2.75, 3.05) is 13.1 Å². The van der Waals surface area contributed by atoms with Crippen LogP contribution in [0.15, 0.2) is 18.2 Å². The van der Waals surface area contributed by atoms with E-state index >= 15 is 0 Å². The van der Waals surface area contributed by atoms with Gasteiger partial charge in [-0.3, -0.25) is 4.79 Å². The molecule has 1 aromatic rings. The van der Waals surface area contributed by atoms with E-state index < -0.39 is 0 Å². The topological polar surface area (TPSA) is 46.3 Å². The van der Waals surface area contributed by atoms with Gasteiger partial charge in [-0.1, -0.05) is 6.07 Å². The summed E-state index contributed by atoms with van der Waals surface area (Å²) in [6.07, 6.45) is 2.19. The highest BCUT2D eigenvalue weighted by Gasteiger charge is 2.21. The number of hydrogen-bond donors (Lipinski definition) is 1. The molecule has 1 fully saturated rings. The second kappa shape index (κ2) is 6.87. The number of nitrogens with zero attached hydrogens (tertiary/aromatic N) is 1. The van der Waals surface area contributed by atoms with Crippen LogP contribution in [0.25, 0.3) is 0 Å². The molecule has 1 aliphatic rings. The number of nitrogens with two attached hydrogens (primary N) is 1. The Bertz CT molecular complexity index is 453. The number of rotatable bonds is 2. The molecule has 19 heavy (non-hydrogen) atoms. The molecule has 2 rings (SSSR count). The zero-order valence-electron chi connectivity index (χ0n) is 11.1. The number of piperidine rings is 1. The summed E-state index contributed by atoms with van der Waals surface area (Å²) >= 11 is 0. The second-order valence-corrected chi connectivity index (χ2v) is 4.99. The Morgan fingerprint density at radius 1 is 1.53 bits per heavy atom. The summed E-state index contributed by atoms with van der Waals surface area (Å²) in [7, 11) is 0. The number of carbonyl (C=O) groups is 1. The minimum absolute atomic E-state index is 0. The Labute approximate surface area is 119 Å². The van der Waals surface area contributed by atoms with Gasteiger partial charge in [-0.15, -0.1) is 12.4 Å². The maximum atomic E-state index is 13.2. The predicted molar refractivity (Wildman–Crippen MR) is 75.9 cm³/mol. The molecule has 1 heterocycles. The van der Waals surface area contributed by atoms with Crippen molar-refractivity contribution < 1.29 is 9.18 Å². The number of amides is 1. The van der Waals surface area contributed by atoms with E-state index in [2.05, 4.69) is 0 Å². The summed E-state index contributed by atoms with van der Waals surface area (Å²) in [5.41, 5.74) is 7.57. The van der Waals surface area contributed by atoms with Crippen LogP contribution < -0.4 is 5.73 Å². The van der Waals surface area contributed by atoms with E-state index in [1.165, 1.54) is 12.1 Å². The monoisotopic (exact) mass is 286 g/mol. The van der Waals surface area contributed by atoms with E-state index in [0.717, 1.165) is 30.5 Å². The van der Waals surface area contributed by atoms with Gasteiger partial charge in [0.2, 0.25) is 5.91 Å². The Morgan fingerprint density at radius 3 is 2.95 bits per heavy atom. The van der Waals surface area contributed by atoms with Gasteiger partial charge in [0.25, 0.3) is 0 Å². The number of hydrogen-bond acceptors (Lipinski definition) is 2. The average Bonchev–Trinajstić information content (AvgIpc) is 2.34. The fourth-order valence-corrected chi connectivity index (χ4v) is 2.34. The Kier molecular flexibility index (Phi) is 5.76. The third kappa shape index (κ3) is 4.18. The largest absolute Gasteiger partial charge is 0.341 e. The molecule has 0 saturated carbocycles. The molecule has 2 N–H and O–H groups in total. The molecule has 0 radical (unpaired) electrons. The van der Waals surface area contributed by atoms with E-state index in [1.807, 2.05) is 6.92 Å². The first-order chi connectivity index (χ1) is 8.56. The highest BCUT2D eigenvalue weighted by Crippen LogP contribution is 2.14. The van der Waals surface area contributed by atoms with E-state index in [1.54, 1.807) is 11.0 Å². The molecular weight excluding hydrogens is 267 g/mol. The standard InChI is InChI=1S/C14H19FN2O.ClH/c1-10-4-5-12(15)7-11(10)8-14(18)17-6-2-3-13(16)9-17;/h4-5,7,13H,2-3,6,8-9,16H2,1H3;1H. The predicted octanol–water partition coefficient (Wildman–Crippen LogP) is 2.05. The van der Waals surface area contributed by atoms with Crippen LogP contribution in [0.4, 0.5) is 4.39 Å². The zero-order chi connectivity index (χ0) is 13.1. The van der Waals surface area contributed by atoms with Crippen molar-refractivity contribution in [1.29, 1.82) is 0 Å². The van der Waals surface area contributed by atoms with E-state index in [0.29, 0.717) is 6.54 Å². The molecular formula is C14H20ClFN2O. The van der Waals surface area contributed by atoms with Gasteiger partial charge in [-0.25, -0.2) is 4.39 Å². The number of benzene rings is 1. The number of aryl methyl sites for hydroxylation is 1. The Morgan fingerprint density at radius 2 is 2.26 bits per heavy atom. The van der Waals surface area contributed by atoms with Crippen LogP contribution in [-0.2, 0) is 11.2 Å². The van der Waals surface area contributed by atoms with Crippen LogP contribution in [0.1, 0.15) is 24.0 Å². The molecule has 5 heteroatoms. The van der Waals surface area contributed by atoms with Crippen molar-refractivity contribution in [1.82, 2.24) is 4.90 Å². The molecule has 0 spiro atoms. The lowest BCUT2D eigenvalue weighted by molar-refractivity contribution is -0.131. The smallest absolute Gasteiger partial charge is 0.227 e. The lowest BCUT2D eigenvalue weighted by Crippen LogP contribution is -2.46. The van der Waals surface area contributed by atoms with Gasteiger partial charge in [-0.05, 0) is 43.0 Å². The third-order valence-corrected chi connectivity index (χ3v) is 3.46. The van der Waals surface area contributed by atoms with Crippen molar-refractivity contribution in [3.05, 3.63) is 35.1 Å². The first-order valence-electron chi connectivity index (χ1n) is 6.34. The van der Waals surface area contributed by atoms with E-state index in [4.69, 9.17) is 5.73 Å². The maximum Gasteiger partial charge on any atom is 0.227 e. The fraction of sp³-hybridized carbons (Fsp3) is 0.500. The van der Waals surface area contributed by atoms with Crippen LogP contribution in [0.3, 0.4) is 0 Å². The van der Waals surface area contributed by atoms with Crippen LogP contribution in [0, 0.1) is 12.7 Å². The Hall–Kier alpha value is -1.13. The number of carbonyl (C=O) groups excluding carboxylic acids is 1. The van der Waals surface area contributed by atoms with Crippen molar-refractivity contribution >= 4 is 18.3 Å². The van der Waals surface area contributed by atoms with Gasteiger partial charge in [0.15, 0.2) is 0 Å². The molecule has 1 aromatic carbocycles. The summed E-state index contributed by atoms with van der Waals surface area (Å²) in [5, 5.41) is 0. The third-order valence-electron chi connectivity index (χ3n) is 3.46. The molecule has 1 atom stereocenters. The van der Waals surface area contributed by atoms with Crippen LogP contribution >= 0.6 is 12.4 Å². The first kappa shape index (κ1) is 15.9. The van der Waals surface area contributed by atoms with Crippen molar-refractivity contribution in [2.45, 2.75) is 32.2 Å². The van der Waals surface area contributed by atoms with Crippen molar-refractivity contribution in [2.24, 2.45) is 5.73 Å². The lowest BCUT2D eigenvalue weighted by atomic mass is 10.0. The minimum atomic E-state index is -0.293. The van der Waals surface area contributed by atoms with Crippen LogP contribution in [-0.4, -0.2) is 29.9 Å². The van der Waals surface area contributed by atoms with Gasteiger partial charge in [0, 0.05) is 19.1 Å². The SMILES string of the molecule is Cc1ccc(F)cc1CC(=O)N1CCCC(N)C1.Cl. The average molecular weight is 287 g/mol. The molecule has 0 aromatic heterocycles. The Balaban J connectivity index is 0.00000180. The number of halogens is 2. The van der Waals surface area contributed by atoms with Crippen LogP contribution in [0.5, 0.6) is 0 Å². The van der Waals surface area contributed by atoms with E-state index in [9.17, 15) is 9.18 Å². The second-order valence-electron chi connectivity index (χ2n) is 4.99. The highest BCUT2D eigenvalue weighted by molar-refractivity contribution is 5.85. The molecule has 106 valence electrons. The summed E-state index contributed by atoms with van der Waals surface area (Å²) in [4.78, 5) is 13.9. The molecule has 1 unspecified atom stereocenters. The molecule has 3 nitrogen and oxygen atoms in total. The van der Waals surface area contributed by atoms with Crippen molar-refractivity contribution in [3.63, 3.8) is 0 Å². The van der Waals surface area contributed by atoms with Crippen LogP contribution in [0.2, 0.25) is 0 Å². The van der Waals surface area contributed by atoms with Crippen molar-refractivity contribution in [3.8, 4) is 0 Å². The highest BCUT2D eigenvalue weighted by atomic mass is 35.5. The molecule has 1 amide bonds. The summed E-state index contributed by atoms with van der Waals surface area (Å²) in [6.45, 7) is 3.28. The van der Waals surface area contributed by atoms with Gasteiger partial charge >= 0.3 is 0 Å².